The van der Waals surface area contributed by atoms with Gasteiger partial charge in [-0.15, -0.1) is 0 Å². The van der Waals surface area contributed by atoms with E-state index in [9.17, 15) is 9.59 Å². The van der Waals surface area contributed by atoms with E-state index in [4.69, 9.17) is 4.74 Å². The predicted molar refractivity (Wildman–Crippen MR) is 93.0 cm³/mol. The standard InChI is InChI=1S/C19H22N2O3/c1-13(22)21-11-15(12-21)19(23)20-10-9-17-16-6-4-3-5-14(16)7-8-18(17)24-2/h3-8,15H,9-12H2,1-2H3,(H,20,23). The zero-order valence-electron chi connectivity index (χ0n) is 14.0. The first-order valence-electron chi connectivity index (χ1n) is 8.18. The van der Waals surface area contributed by atoms with Gasteiger partial charge in [0.05, 0.1) is 13.0 Å². The monoisotopic (exact) mass is 326 g/mol. The molecule has 2 aromatic rings. The lowest BCUT2D eigenvalue weighted by Crippen LogP contribution is -2.55. The van der Waals surface area contributed by atoms with E-state index in [1.807, 2.05) is 24.3 Å². The van der Waals surface area contributed by atoms with Crippen molar-refractivity contribution in [3.05, 3.63) is 42.0 Å². The Kier molecular flexibility index (Phi) is 4.69. The fourth-order valence-corrected chi connectivity index (χ4v) is 3.12. The lowest BCUT2D eigenvalue weighted by atomic mass is 9.98. The Labute approximate surface area is 141 Å². The number of hydrogen-bond acceptors (Lipinski definition) is 3. The van der Waals surface area contributed by atoms with E-state index in [1.54, 1.807) is 12.0 Å². The third-order valence-electron chi connectivity index (χ3n) is 4.59. The van der Waals surface area contributed by atoms with Crippen LogP contribution >= 0.6 is 0 Å². The first-order chi connectivity index (χ1) is 11.6. The largest absolute Gasteiger partial charge is 0.496 e. The van der Waals surface area contributed by atoms with Crippen molar-refractivity contribution in [1.29, 1.82) is 0 Å². The van der Waals surface area contributed by atoms with Crippen molar-refractivity contribution < 1.29 is 14.3 Å². The van der Waals surface area contributed by atoms with Gasteiger partial charge in [0, 0.05) is 32.1 Å². The lowest BCUT2D eigenvalue weighted by molar-refractivity contribution is -0.141. The molecule has 1 aliphatic heterocycles. The van der Waals surface area contributed by atoms with Crippen LogP contribution in [0.3, 0.4) is 0 Å². The second kappa shape index (κ2) is 6.91. The molecule has 3 rings (SSSR count). The van der Waals surface area contributed by atoms with Crippen LogP contribution < -0.4 is 10.1 Å². The molecule has 5 heteroatoms. The van der Waals surface area contributed by atoms with Crippen LogP contribution in [0.5, 0.6) is 5.75 Å². The summed E-state index contributed by atoms with van der Waals surface area (Å²) in [5.74, 6) is 0.809. The van der Waals surface area contributed by atoms with Gasteiger partial charge >= 0.3 is 0 Å². The van der Waals surface area contributed by atoms with E-state index in [1.165, 1.54) is 6.92 Å². The highest BCUT2D eigenvalue weighted by Gasteiger charge is 2.33. The Bertz CT molecular complexity index is 766. The van der Waals surface area contributed by atoms with Gasteiger partial charge in [-0.2, -0.15) is 0 Å². The summed E-state index contributed by atoms with van der Waals surface area (Å²) in [7, 11) is 1.66. The van der Waals surface area contributed by atoms with Gasteiger partial charge in [-0.25, -0.2) is 0 Å². The highest BCUT2D eigenvalue weighted by atomic mass is 16.5. The van der Waals surface area contributed by atoms with Gasteiger partial charge in [0.25, 0.3) is 0 Å². The van der Waals surface area contributed by atoms with E-state index in [-0.39, 0.29) is 17.7 Å². The number of carbonyl (C=O) groups is 2. The number of amides is 2. The highest BCUT2D eigenvalue weighted by Crippen LogP contribution is 2.28. The maximum Gasteiger partial charge on any atom is 0.226 e. The molecule has 2 aromatic carbocycles. The third-order valence-corrected chi connectivity index (χ3v) is 4.59. The Hall–Kier alpha value is -2.56. The highest BCUT2D eigenvalue weighted by molar-refractivity contribution is 5.88. The van der Waals surface area contributed by atoms with E-state index in [0.717, 1.165) is 22.1 Å². The second-order valence-corrected chi connectivity index (χ2v) is 6.13. The Morgan fingerprint density at radius 3 is 2.67 bits per heavy atom. The maximum atomic E-state index is 12.1. The Balaban J connectivity index is 1.62. The summed E-state index contributed by atoms with van der Waals surface area (Å²) in [6, 6.07) is 12.2. The fraction of sp³-hybridized carbons (Fsp3) is 0.368. The van der Waals surface area contributed by atoms with Crippen molar-refractivity contribution >= 4 is 22.6 Å². The summed E-state index contributed by atoms with van der Waals surface area (Å²) in [5.41, 5.74) is 1.11. The second-order valence-electron chi connectivity index (χ2n) is 6.13. The number of rotatable bonds is 5. The van der Waals surface area contributed by atoms with Crippen LogP contribution in [0.2, 0.25) is 0 Å². The van der Waals surface area contributed by atoms with Gasteiger partial charge in [0.1, 0.15) is 5.75 Å². The minimum Gasteiger partial charge on any atom is -0.496 e. The van der Waals surface area contributed by atoms with Crippen molar-refractivity contribution in [3.63, 3.8) is 0 Å². The molecule has 0 radical (unpaired) electrons. The fourth-order valence-electron chi connectivity index (χ4n) is 3.12. The minimum atomic E-state index is -0.0803. The number of ether oxygens (including phenoxy) is 1. The number of nitrogens with zero attached hydrogens (tertiary/aromatic N) is 1. The average Bonchev–Trinajstić information content (AvgIpc) is 2.53. The van der Waals surface area contributed by atoms with E-state index < -0.39 is 0 Å². The number of methoxy groups -OCH3 is 1. The number of nitrogens with one attached hydrogen (secondary N) is 1. The van der Waals surface area contributed by atoms with Crippen LogP contribution in [0.25, 0.3) is 10.8 Å². The van der Waals surface area contributed by atoms with E-state index in [2.05, 4.69) is 17.4 Å². The number of likely N-dealkylation sites (tertiary alicyclic amines) is 1. The maximum absolute atomic E-state index is 12.1. The van der Waals surface area contributed by atoms with Crippen LogP contribution in [0.1, 0.15) is 12.5 Å². The topological polar surface area (TPSA) is 58.6 Å². The van der Waals surface area contributed by atoms with Crippen LogP contribution in [0, 0.1) is 5.92 Å². The molecule has 0 atom stereocenters. The van der Waals surface area contributed by atoms with Crippen LogP contribution in [-0.2, 0) is 16.0 Å². The van der Waals surface area contributed by atoms with Crippen molar-refractivity contribution in [2.45, 2.75) is 13.3 Å². The van der Waals surface area contributed by atoms with Gasteiger partial charge in [-0.3, -0.25) is 9.59 Å². The molecule has 0 aromatic heterocycles. The van der Waals surface area contributed by atoms with Gasteiger partial charge in [-0.1, -0.05) is 30.3 Å². The first kappa shape index (κ1) is 16.3. The van der Waals surface area contributed by atoms with Crippen LogP contribution in [0.15, 0.2) is 36.4 Å². The summed E-state index contributed by atoms with van der Waals surface area (Å²) in [4.78, 5) is 25.0. The molecule has 126 valence electrons. The van der Waals surface area contributed by atoms with E-state index in [0.29, 0.717) is 26.1 Å². The Morgan fingerprint density at radius 1 is 1.21 bits per heavy atom. The number of benzene rings is 2. The zero-order chi connectivity index (χ0) is 17.1. The molecule has 1 N–H and O–H groups in total. The van der Waals surface area contributed by atoms with Crippen molar-refractivity contribution in [3.8, 4) is 5.75 Å². The number of carbonyl (C=O) groups excluding carboxylic acids is 2. The Morgan fingerprint density at radius 2 is 1.96 bits per heavy atom. The van der Waals surface area contributed by atoms with Crippen LogP contribution in [-0.4, -0.2) is 43.5 Å². The summed E-state index contributed by atoms with van der Waals surface area (Å²) >= 11 is 0. The van der Waals surface area contributed by atoms with Crippen LogP contribution in [0.4, 0.5) is 0 Å². The normalized spacial score (nSPS) is 14.3. The molecule has 0 bridgehead atoms. The molecular formula is C19H22N2O3. The van der Waals surface area contributed by atoms with Crippen molar-refractivity contribution in [2.75, 3.05) is 26.7 Å². The van der Waals surface area contributed by atoms with E-state index >= 15 is 0 Å². The average molecular weight is 326 g/mol. The molecule has 1 saturated heterocycles. The number of hydrogen-bond donors (Lipinski definition) is 1. The molecule has 1 heterocycles. The first-order valence-corrected chi connectivity index (χ1v) is 8.18. The van der Waals surface area contributed by atoms with Gasteiger partial charge < -0.3 is 15.0 Å². The van der Waals surface area contributed by atoms with Crippen molar-refractivity contribution in [1.82, 2.24) is 10.2 Å². The number of fused-ring (bicyclic) bond motifs is 1. The molecule has 1 aliphatic rings. The summed E-state index contributed by atoms with van der Waals surface area (Å²) in [5, 5.41) is 5.29. The zero-order valence-corrected chi connectivity index (χ0v) is 14.0. The third kappa shape index (κ3) is 3.20. The minimum absolute atomic E-state index is 0.0201. The molecule has 0 saturated carbocycles. The molecule has 0 aliphatic carbocycles. The van der Waals surface area contributed by atoms with Crippen molar-refractivity contribution in [2.24, 2.45) is 5.92 Å². The van der Waals surface area contributed by atoms with Gasteiger partial charge in [0.15, 0.2) is 0 Å². The summed E-state index contributed by atoms with van der Waals surface area (Å²) in [6.45, 7) is 3.14. The predicted octanol–water partition coefficient (Wildman–Crippen LogP) is 1.99. The molecular weight excluding hydrogens is 304 g/mol. The molecule has 5 nitrogen and oxygen atoms in total. The summed E-state index contributed by atoms with van der Waals surface area (Å²) < 4.78 is 5.47. The molecule has 2 amide bonds. The SMILES string of the molecule is COc1ccc2ccccc2c1CCNC(=O)C1CN(C(C)=O)C1. The molecule has 0 unspecified atom stereocenters. The quantitative estimate of drug-likeness (QED) is 0.914. The molecule has 1 fully saturated rings. The molecule has 24 heavy (non-hydrogen) atoms. The lowest BCUT2D eigenvalue weighted by Gasteiger charge is -2.37. The van der Waals surface area contributed by atoms with Gasteiger partial charge in [0.2, 0.25) is 11.8 Å². The summed E-state index contributed by atoms with van der Waals surface area (Å²) in [6.07, 6.45) is 0.708. The molecule has 0 spiro atoms. The van der Waals surface area contributed by atoms with Gasteiger partial charge in [-0.05, 0) is 23.3 Å². The smallest absolute Gasteiger partial charge is 0.226 e.